The van der Waals surface area contributed by atoms with Gasteiger partial charge in [-0.25, -0.2) is 0 Å². The molecular weight excluding hydrogens is 689 g/mol. The van der Waals surface area contributed by atoms with Crippen molar-refractivity contribution in [3.8, 4) is 33.6 Å². The van der Waals surface area contributed by atoms with Crippen LogP contribution in [0, 0.1) is 12.1 Å². The van der Waals surface area contributed by atoms with Gasteiger partial charge in [0.15, 0.2) is 0 Å². The Morgan fingerprint density at radius 2 is 1.38 bits per heavy atom. The number of hydrogen-bond donors (Lipinski definition) is 0. The molecule has 0 bridgehead atoms. The van der Waals surface area contributed by atoms with Gasteiger partial charge in [0, 0.05) is 33.9 Å². The molecule has 0 fully saturated rings. The average molecular weight is 720 g/mol. The van der Waals surface area contributed by atoms with E-state index in [1.165, 1.54) is 32.7 Å². The number of rotatable bonds is 4. The minimum absolute atomic E-state index is 0. The summed E-state index contributed by atoms with van der Waals surface area (Å²) in [6.07, 6.45) is 3.58. The van der Waals surface area contributed by atoms with E-state index in [0.29, 0.717) is 0 Å². The number of pyridine rings is 2. The van der Waals surface area contributed by atoms with Crippen LogP contribution in [0.5, 0.6) is 0 Å². The second-order valence-corrected chi connectivity index (χ2v) is 10.1. The maximum absolute atomic E-state index is 8.36. The fraction of sp³-hybridized carbons (Fsp3) is 0.0769. The molecule has 1 radical (unpaired) electrons. The standard InChI is InChI=1S/C28H22N.C11H8N.Ir/c1-19(2)21-14-15-29-28(18-21)23-12-13-25-24-11-7-6-10-22(24)16-26(27(25)17-23)20-8-4-3-5-9-20;1-2-6-10(7-3-1)11-8-4-5-9-12-11;/h3-11,13-19H,1-2H3;1-6,8-9H;/q2*-1;/i19D;;. The number of fused-ring (bicyclic) bond motifs is 3. The Balaban J connectivity index is 0.000000238. The molecule has 7 rings (SSSR count). The topological polar surface area (TPSA) is 25.8 Å². The monoisotopic (exact) mass is 720 g/mol. The third-order valence-electron chi connectivity index (χ3n) is 7.14. The van der Waals surface area contributed by atoms with Gasteiger partial charge in [-0.3, -0.25) is 0 Å². The zero-order valence-corrected chi connectivity index (χ0v) is 25.9. The molecule has 207 valence electrons. The van der Waals surface area contributed by atoms with Gasteiger partial charge in [-0.1, -0.05) is 108 Å². The molecule has 2 nitrogen and oxygen atoms in total. The van der Waals surface area contributed by atoms with E-state index in [4.69, 9.17) is 1.37 Å². The van der Waals surface area contributed by atoms with E-state index in [0.717, 1.165) is 28.1 Å². The predicted molar refractivity (Wildman–Crippen MR) is 172 cm³/mol. The third kappa shape index (κ3) is 6.39. The molecule has 0 spiro atoms. The third-order valence-corrected chi connectivity index (χ3v) is 7.14. The largest absolute Gasteiger partial charge is 0.305 e. The van der Waals surface area contributed by atoms with E-state index in [1.54, 1.807) is 12.4 Å². The number of nitrogens with zero attached hydrogens (tertiary/aromatic N) is 2. The number of benzene rings is 5. The van der Waals surface area contributed by atoms with Crippen molar-refractivity contribution in [3.63, 3.8) is 0 Å². The summed E-state index contributed by atoms with van der Waals surface area (Å²) in [6.45, 7) is 3.80. The molecular formula is C39H30IrN2-2. The van der Waals surface area contributed by atoms with Gasteiger partial charge in [0.25, 0.3) is 0 Å². The molecule has 0 aliphatic rings. The van der Waals surface area contributed by atoms with Crippen molar-refractivity contribution >= 4 is 21.5 Å². The van der Waals surface area contributed by atoms with Gasteiger partial charge < -0.3 is 9.97 Å². The van der Waals surface area contributed by atoms with E-state index >= 15 is 0 Å². The predicted octanol–water partition coefficient (Wildman–Crippen LogP) is 10.2. The van der Waals surface area contributed by atoms with Crippen molar-refractivity contribution in [1.82, 2.24) is 9.97 Å². The van der Waals surface area contributed by atoms with Crippen LogP contribution in [0.2, 0.25) is 0 Å². The normalized spacial score (nSPS) is 11.2. The van der Waals surface area contributed by atoms with Gasteiger partial charge in [0.1, 0.15) is 0 Å². The zero-order valence-electron chi connectivity index (χ0n) is 24.5. The fourth-order valence-corrected chi connectivity index (χ4v) is 5.01. The van der Waals surface area contributed by atoms with Crippen molar-refractivity contribution in [3.05, 3.63) is 157 Å². The number of hydrogen-bond acceptors (Lipinski definition) is 2. The maximum atomic E-state index is 8.36. The summed E-state index contributed by atoms with van der Waals surface area (Å²) in [7, 11) is 0. The Morgan fingerprint density at radius 1 is 0.619 bits per heavy atom. The summed E-state index contributed by atoms with van der Waals surface area (Å²) in [4.78, 5) is 8.80. The van der Waals surface area contributed by atoms with E-state index in [2.05, 4.69) is 88.8 Å². The maximum Gasteiger partial charge on any atom is 0.0346 e. The first kappa shape index (κ1) is 27.7. The Labute approximate surface area is 262 Å². The smallest absolute Gasteiger partial charge is 0.0346 e. The van der Waals surface area contributed by atoms with Crippen LogP contribution in [0.15, 0.2) is 140 Å². The molecule has 0 aliphatic carbocycles. The van der Waals surface area contributed by atoms with E-state index in [-0.39, 0.29) is 20.1 Å². The van der Waals surface area contributed by atoms with E-state index in [1.807, 2.05) is 74.5 Å². The number of aromatic nitrogens is 2. The molecule has 0 saturated heterocycles. The van der Waals surface area contributed by atoms with Crippen LogP contribution in [0.1, 0.15) is 26.7 Å². The Hall–Kier alpha value is -4.43. The molecule has 0 atom stereocenters. The van der Waals surface area contributed by atoms with Crippen molar-refractivity contribution in [2.24, 2.45) is 0 Å². The molecule has 0 saturated carbocycles. The van der Waals surface area contributed by atoms with E-state index in [9.17, 15) is 0 Å². The van der Waals surface area contributed by atoms with Gasteiger partial charge in [0.2, 0.25) is 0 Å². The first-order chi connectivity index (χ1) is 20.5. The Morgan fingerprint density at radius 3 is 2.14 bits per heavy atom. The summed E-state index contributed by atoms with van der Waals surface area (Å²) < 4.78 is 8.36. The van der Waals surface area contributed by atoms with Crippen LogP contribution in [0.3, 0.4) is 0 Å². The summed E-state index contributed by atoms with van der Waals surface area (Å²) in [6, 6.07) is 49.7. The van der Waals surface area contributed by atoms with Crippen molar-refractivity contribution in [2.75, 3.05) is 0 Å². The molecule has 2 aromatic heterocycles. The van der Waals surface area contributed by atoms with E-state index < -0.39 is 5.89 Å². The first-order valence-electron chi connectivity index (χ1n) is 14.2. The molecule has 0 amide bonds. The van der Waals surface area contributed by atoms with Gasteiger partial charge >= 0.3 is 0 Å². The molecule has 5 aromatic carbocycles. The minimum atomic E-state index is -0.667. The molecule has 2 heterocycles. The van der Waals surface area contributed by atoms with Crippen LogP contribution in [0.25, 0.3) is 55.2 Å². The van der Waals surface area contributed by atoms with Gasteiger partial charge in [-0.05, 0) is 52.0 Å². The summed E-state index contributed by atoms with van der Waals surface area (Å²) in [5.74, 6) is -0.667. The van der Waals surface area contributed by atoms with Gasteiger partial charge in [-0.15, -0.1) is 59.7 Å². The fourth-order valence-electron chi connectivity index (χ4n) is 5.01. The van der Waals surface area contributed by atoms with Crippen LogP contribution >= 0.6 is 0 Å². The van der Waals surface area contributed by atoms with Crippen molar-refractivity contribution in [2.45, 2.75) is 19.7 Å². The van der Waals surface area contributed by atoms with Crippen LogP contribution < -0.4 is 0 Å². The first-order valence-corrected chi connectivity index (χ1v) is 13.7. The van der Waals surface area contributed by atoms with Gasteiger partial charge in [-0.2, -0.15) is 0 Å². The summed E-state index contributed by atoms with van der Waals surface area (Å²) >= 11 is 0. The average Bonchev–Trinajstić information content (AvgIpc) is 3.05. The van der Waals surface area contributed by atoms with Crippen LogP contribution in [-0.2, 0) is 20.1 Å². The molecule has 42 heavy (non-hydrogen) atoms. The van der Waals surface area contributed by atoms with Crippen molar-refractivity contribution in [1.29, 1.82) is 0 Å². The van der Waals surface area contributed by atoms with Crippen molar-refractivity contribution < 1.29 is 21.5 Å². The second-order valence-electron chi connectivity index (χ2n) is 10.1. The molecule has 0 aliphatic heterocycles. The quantitative estimate of drug-likeness (QED) is 0.134. The molecule has 0 unspecified atom stereocenters. The summed E-state index contributed by atoms with van der Waals surface area (Å²) in [5, 5.41) is 4.82. The summed E-state index contributed by atoms with van der Waals surface area (Å²) in [5.41, 5.74) is 7.15. The minimum Gasteiger partial charge on any atom is -0.305 e. The van der Waals surface area contributed by atoms with Crippen LogP contribution in [-0.4, -0.2) is 9.97 Å². The molecule has 7 aromatic rings. The Kier molecular flexibility index (Phi) is 8.90. The zero-order chi connectivity index (χ0) is 28.9. The molecule has 3 heteroatoms. The second kappa shape index (κ2) is 13.5. The van der Waals surface area contributed by atoms with Crippen LogP contribution in [0.4, 0.5) is 0 Å². The Bertz CT molecular complexity index is 1910. The SMILES string of the molecule is [2H]C(C)(C)c1ccnc(-c2[c-]cc3c(c2)c(-c2ccccc2)cc2ccccc23)c1.[Ir].[c-]1ccccc1-c1ccccn1. The molecule has 0 N–H and O–H groups in total. The van der Waals surface area contributed by atoms with Gasteiger partial charge in [0.05, 0.1) is 0 Å².